The van der Waals surface area contributed by atoms with Gasteiger partial charge in [0.05, 0.1) is 6.61 Å². The molecule has 0 heterocycles. The lowest BCUT2D eigenvalue weighted by molar-refractivity contribution is 0.177. The number of rotatable bonds is 6. The Morgan fingerprint density at radius 3 is 2.33 bits per heavy atom. The van der Waals surface area contributed by atoms with E-state index < -0.39 is 8.32 Å². The normalized spacial score (nSPS) is 14.0. The Kier molecular flexibility index (Phi) is 5.88. The first-order valence-electron chi connectivity index (χ1n) is 7.66. The van der Waals surface area contributed by atoms with E-state index in [0.29, 0.717) is 12.5 Å². The van der Waals surface area contributed by atoms with Gasteiger partial charge >= 0.3 is 0 Å². The van der Waals surface area contributed by atoms with Crippen molar-refractivity contribution in [3.8, 4) is 5.75 Å². The molecule has 1 aromatic carbocycles. The van der Waals surface area contributed by atoms with E-state index in [0.717, 1.165) is 23.6 Å². The molecule has 0 amide bonds. The molecule has 1 aromatic rings. The maximum absolute atomic E-state index is 6.23. The van der Waals surface area contributed by atoms with E-state index in [2.05, 4.69) is 40.8 Å². The third-order valence-electron chi connectivity index (χ3n) is 4.31. The number of nitrogen functional groups attached to an aromatic ring is 1. The van der Waals surface area contributed by atoms with E-state index in [4.69, 9.17) is 14.9 Å². The molecule has 1 unspecified atom stereocenters. The highest BCUT2D eigenvalue weighted by Gasteiger charge is 2.37. The molecule has 3 nitrogen and oxygen atoms in total. The highest BCUT2D eigenvalue weighted by molar-refractivity contribution is 6.74. The third-order valence-corrected chi connectivity index (χ3v) is 8.81. The summed E-state index contributed by atoms with van der Waals surface area (Å²) in [4.78, 5) is 0. The molecule has 0 radical (unpaired) electrons. The molecule has 0 fully saturated rings. The molecule has 2 N–H and O–H groups in total. The summed E-state index contributed by atoms with van der Waals surface area (Å²) in [6, 6.07) is 5.79. The zero-order valence-electron chi connectivity index (χ0n) is 14.6. The Hall–Kier alpha value is -1.00. The van der Waals surface area contributed by atoms with E-state index in [-0.39, 0.29) is 5.04 Å². The minimum absolute atomic E-state index is 0.252. The van der Waals surface area contributed by atoms with Crippen LogP contribution in [0, 0.1) is 12.8 Å². The Bertz CT molecular complexity index is 466. The average molecular weight is 310 g/mol. The minimum Gasteiger partial charge on any atom is -0.493 e. The van der Waals surface area contributed by atoms with Crippen molar-refractivity contribution in [2.24, 2.45) is 5.92 Å². The summed E-state index contributed by atoms with van der Waals surface area (Å²) in [6.07, 6.45) is 0. The first-order valence-corrected chi connectivity index (χ1v) is 10.6. The van der Waals surface area contributed by atoms with Gasteiger partial charge in [-0.15, -0.1) is 0 Å². The van der Waals surface area contributed by atoms with Crippen molar-refractivity contribution in [3.05, 3.63) is 23.8 Å². The van der Waals surface area contributed by atoms with Crippen LogP contribution in [0.15, 0.2) is 18.2 Å². The van der Waals surface area contributed by atoms with Gasteiger partial charge in [-0.05, 0) is 48.8 Å². The van der Waals surface area contributed by atoms with Crippen molar-refractivity contribution >= 4 is 14.0 Å². The lowest BCUT2D eigenvalue weighted by Crippen LogP contribution is -2.42. The van der Waals surface area contributed by atoms with Crippen molar-refractivity contribution in [3.63, 3.8) is 0 Å². The Balaban J connectivity index is 2.44. The zero-order valence-corrected chi connectivity index (χ0v) is 15.6. The molecular weight excluding hydrogens is 278 g/mol. The van der Waals surface area contributed by atoms with Crippen molar-refractivity contribution in [2.45, 2.75) is 52.8 Å². The van der Waals surface area contributed by atoms with E-state index in [9.17, 15) is 0 Å². The molecular formula is C17H31NO2Si. The summed E-state index contributed by atoms with van der Waals surface area (Å²) in [5.41, 5.74) is 7.67. The third kappa shape index (κ3) is 5.36. The van der Waals surface area contributed by atoms with Crippen LogP contribution in [-0.4, -0.2) is 21.5 Å². The maximum atomic E-state index is 6.23. The molecule has 0 spiro atoms. The molecule has 0 aliphatic rings. The molecule has 0 saturated heterocycles. The summed E-state index contributed by atoms with van der Waals surface area (Å²) in [6.45, 7) is 16.9. The van der Waals surface area contributed by atoms with Gasteiger partial charge < -0.3 is 14.9 Å². The molecule has 0 aliphatic heterocycles. The smallest absolute Gasteiger partial charge is 0.191 e. The fourth-order valence-electron chi connectivity index (χ4n) is 1.59. The largest absolute Gasteiger partial charge is 0.493 e. The monoisotopic (exact) mass is 309 g/mol. The van der Waals surface area contributed by atoms with Crippen molar-refractivity contribution < 1.29 is 9.16 Å². The molecule has 1 atom stereocenters. The summed E-state index contributed by atoms with van der Waals surface area (Å²) in [5, 5.41) is 0.252. The second kappa shape index (κ2) is 6.84. The number of benzene rings is 1. The molecule has 120 valence electrons. The maximum Gasteiger partial charge on any atom is 0.191 e. The highest BCUT2D eigenvalue weighted by atomic mass is 28.4. The molecule has 1 rings (SSSR count). The first-order chi connectivity index (χ1) is 9.53. The number of nitrogens with two attached hydrogens (primary N) is 1. The predicted molar refractivity (Wildman–Crippen MR) is 93.4 cm³/mol. The SMILES string of the molecule is Cc1cc(OCC(C)CO[Si](C)(C)C(C)(C)C)ccc1N. The molecule has 0 aromatic heterocycles. The number of hydrogen-bond acceptors (Lipinski definition) is 3. The average Bonchev–Trinajstić information content (AvgIpc) is 2.36. The summed E-state index contributed by atoms with van der Waals surface area (Å²) >= 11 is 0. The van der Waals surface area contributed by atoms with E-state index in [1.54, 1.807) is 0 Å². The van der Waals surface area contributed by atoms with Crippen LogP contribution in [0.5, 0.6) is 5.75 Å². The van der Waals surface area contributed by atoms with Gasteiger partial charge in [-0.2, -0.15) is 0 Å². The van der Waals surface area contributed by atoms with Crippen LogP contribution in [0.1, 0.15) is 33.3 Å². The van der Waals surface area contributed by atoms with E-state index in [1.165, 1.54) is 0 Å². The van der Waals surface area contributed by atoms with Crippen molar-refractivity contribution in [1.82, 2.24) is 0 Å². The fraction of sp³-hybridized carbons (Fsp3) is 0.647. The van der Waals surface area contributed by atoms with E-state index in [1.807, 2.05) is 25.1 Å². The van der Waals surface area contributed by atoms with Crippen LogP contribution < -0.4 is 10.5 Å². The topological polar surface area (TPSA) is 44.5 Å². The second-order valence-electron chi connectivity index (χ2n) is 7.51. The van der Waals surface area contributed by atoms with Gasteiger partial charge in [0, 0.05) is 18.2 Å². The van der Waals surface area contributed by atoms with Crippen LogP contribution in [-0.2, 0) is 4.43 Å². The van der Waals surface area contributed by atoms with Crippen LogP contribution in [0.25, 0.3) is 0 Å². The predicted octanol–water partition coefficient (Wildman–Crippen LogP) is 4.61. The first kappa shape index (κ1) is 18.0. The zero-order chi connectivity index (χ0) is 16.3. The van der Waals surface area contributed by atoms with Crippen molar-refractivity contribution in [2.75, 3.05) is 18.9 Å². The molecule has 0 bridgehead atoms. The Morgan fingerprint density at radius 2 is 1.81 bits per heavy atom. The van der Waals surface area contributed by atoms with Crippen LogP contribution in [0.2, 0.25) is 18.1 Å². The highest BCUT2D eigenvalue weighted by Crippen LogP contribution is 2.36. The summed E-state index contributed by atoms with van der Waals surface area (Å²) in [7, 11) is -1.66. The molecule has 4 heteroatoms. The number of ether oxygens (including phenoxy) is 1. The van der Waals surface area contributed by atoms with Gasteiger partial charge in [0.15, 0.2) is 8.32 Å². The fourth-order valence-corrected chi connectivity index (χ4v) is 2.73. The van der Waals surface area contributed by atoms with Gasteiger partial charge in [0.25, 0.3) is 0 Å². The lowest BCUT2D eigenvalue weighted by atomic mass is 10.2. The second-order valence-corrected chi connectivity index (χ2v) is 12.3. The minimum atomic E-state index is -1.66. The standard InChI is InChI=1S/C17H31NO2Si/c1-13(12-20-21(6,7)17(3,4)5)11-19-15-8-9-16(18)14(2)10-15/h8-10,13H,11-12,18H2,1-7H3. The molecule has 0 aliphatic carbocycles. The van der Waals surface area contributed by atoms with Crippen LogP contribution in [0.4, 0.5) is 5.69 Å². The van der Waals surface area contributed by atoms with Gasteiger partial charge in [-0.25, -0.2) is 0 Å². The quantitative estimate of drug-likeness (QED) is 0.616. The van der Waals surface area contributed by atoms with Crippen LogP contribution >= 0.6 is 0 Å². The number of anilines is 1. The summed E-state index contributed by atoms with van der Waals surface area (Å²) in [5.74, 6) is 1.25. The molecule has 0 saturated carbocycles. The Labute approximate surface area is 131 Å². The Morgan fingerprint density at radius 1 is 1.19 bits per heavy atom. The van der Waals surface area contributed by atoms with Gasteiger partial charge in [-0.1, -0.05) is 27.7 Å². The van der Waals surface area contributed by atoms with E-state index >= 15 is 0 Å². The van der Waals surface area contributed by atoms with Gasteiger partial charge in [0.2, 0.25) is 0 Å². The number of aryl methyl sites for hydroxylation is 1. The van der Waals surface area contributed by atoms with Crippen LogP contribution in [0.3, 0.4) is 0 Å². The lowest BCUT2D eigenvalue weighted by Gasteiger charge is -2.37. The van der Waals surface area contributed by atoms with Gasteiger partial charge in [0.1, 0.15) is 5.75 Å². The summed E-state index contributed by atoms with van der Waals surface area (Å²) < 4.78 is 12.1. The van der Waals surface area contributed by atoms with Crippen molar-refractivity contribution in [1.29, 1.82) is 0 Å². The van der Waals surface area contributed by atoms with Gasteiger partial charge in [-0.3, -0.25) is 0 Å². The number of hydrogen-bond donors (Lipinski definition) is 1. The molecule has 21 heavy (non-hydrogen) atoms.